The highest BCUT2D eigenvalue weighted by Crippen LogP contribution is 2.68. The molecule has 0 radical (unpaired) electrons. The van der Waals surface area contributed by atoms with Crippen LogP contribution in [0.3, 0.4) is 0 Å². The lowest BCUT2D eigenvalue weighted by Gasteiger charge is -2.61. The number of esters is 1. The van der Waals surface area contributed by atoms with Crippen LogP contribution >= 0.6 is 0 Å². The summed E-state index contributed by atoms with van der Waals surface area (Å²) in [5.74, 6) is 3.56. The fraction of sp³-hybridized carbons (Fsp3) is 0.931. The SMILES string of the molecule is CC(=O)OC1C(=O)C2C3CCC([C@H](C)CCCC(C)C)C3(C)CCC2C2(C)CCCC[C@H]12. The molecule has 0 aromatic carbocycles. The average Bonchev–Trinajstić information content (AvgIpc) is 3.07. The van der Waals surface area contributed by atoms with E-state index in [4.69, 9.17) is 4.74 Å². The Morgan fingerprint density at radius 3 is 2.34 bits per heavy atom. The molecule has 9 atom stereocenters. The molecule has 32 heavy (non-hydrogen) atoms. The van der Waals surface area contributed by atoms with Gasteiger partial charge >= 0.3 is 5.97 Å². The lowest BCUT2D eigenvalue weighted by Crippen LogP contribution is -2.62. The Bertz CT molecular complexity index is 713. The van der Waals surface area contributed by atoms with Crippen LogP contribution in [-0.2, 0) is 14.3 Å². The van der Waals surface area contributed by atoms with Gasteiger partial charge in [-0.3, -0.25) is 9.59 Å². The van der Waals surface area contributed by atoms with Crippen molar-refractivity contribution in [3.8, 4) is 0 Å². The van der Waals surface area contributed by atoms with Gasteiger partial charge in [0, 0.05) is 18.8 Å². The van der Waals surface area contributed by atoms with E-state index in [1.54, 1.807) is 0 Å². The molecule has 0 spiro atoms. The minimum atomic E-state index is -0.496. The molecule has 3 heteroatoms. The van der Waals surface area contributed by atoms with Gasteiger partial charge in [0.2, 0.25) is 0 Å². The summed E-state index contributed by atoms with van der Waals surface area (Å²) in [5.41, 5.74) is 0.423. The van der Waals surface area contributed by atoms with Gasteiger partial charge in [0.05, 0.1) is 0 Å². The second kappa shape index (κ2) is 9.06. The first-order valence-electron chi connectivity index (χ1n) is 13.8. The molecule has 4 aliphatic carbocycles. The van der Waals surface area contributed by atoms with Crippen LogP contribution in [0.1, 0.15) is 112 Å². The molecule has 0 aliphatic heterocycles. The van der Waals surface area contributed by atoms with E-state index in [0.29, 0.717) is 17.6 Å². The van der Waals surface area contributed by atoms with Crippen LogP contribution in [-0.4, -0.2) is 17.9 Å². The van der Waals surface area contributed by atoms with Crippen LogP contribution in [0.4, 0.5) is 0 Å². The number of ketones is 1. The van der Waals surface area contributed by atoms with E-state index in [1.807, 2.05) is 0 Å². The van der Waals surface area contributed by atoms with Crippen LogP contribution in [0.25, 0.3) is 0 Å². The predicted molar refractivity (Wildman–Crippen MR) is 129 cm³/mol. The van der Waals surface area contributed by atoms with Gasteiger partial charge in [-0.2, -0.15) is 0 Å². The minimum absolute atomic E-state index is 0.102. The largest absolute Gasteiger partial charge is 0.454 e. The zero-order valence-electron chi connectivity index (χ0n) is 21.6. The molecule has 4 aliphatic rings. The third-order valence-corrected chi connectivity index (χ3v) is 10.9. The molecule has 3 nitrogen and oxygen atoms in total. The number of carbonyl (C=O) groups is 2. The number of carbonyl (C=O) groups excluding carboxylic acids is 2. The fourth-order valence-electron chi connectivity index (χ4n) is 9.35. The summed E-state index contributed by atoms with van der Waals surface area (Å²) in [7, 11) is 0. The first-order chi connectivity index (χ1) is 15.1. The molecule has 7 unspecified atom stereocenters. The van der Waals surface area contributed by atoms with Gasteiger partial charge in [-0.25, -0.2) is 0 Å². The predicted octanol–water partition coefficient (Wildman–Crippen LogP) is 7.22. The van der Waals surface area contributed by atoms with Crippen molar-refractivity contribution in [2.45, 2.75) is 118 Å². The van der Waals surface area contributed by atoms with Crippen molar-refractivity contribution in [3.05, 3.63) is 0 Å². The molecule has 0 saturated heterocycles. The van der Waals surface area contributed by atoms with E-state index in [-0.39, 0.29) is 28.6 Å². The van der Waals surface area contributed by atoms with Crippen molar-refractivity contribution in [3.63, 3.8) is 0 Å². The second-order valence-electron chi connectivity index (χ2n) is 13.1. The minimum Gasteiger partial charge on any atom is -0.454 e. The Labute approximate surface area is 196 Å². The molecule has 4 fully saturated rings. The third kappa shape index (κ3) is 3.98. The summed E-state index contributed by atoms with van der Waals surface area (Å²) in [5, 5.41) is 0. The number of ether oxygens (including phenoxy) is 1. The molecular weight excluding hydrogens is 396 g/mol. The Morgan fingerprint density at radius 1 is 0.938 bits per heavy atom. The van der Waals surface area contributed by atoms with Crippen LogP contribution in [0.5, 0.6) is 0 Å². The average molecular weight is 445 g/mol. The molecule has 4 saturated carbocycles. The van der Waals surface area contributed by atoms with Crippen LogP contribution in [0.15, 0.2) is 0 Å². The Hall–Kier alpha value is -0.860. The molecule has 0 aromatic rings. The van der Waals surface area contributed by atoms with Gasteiger partial charge in [0.1, 0.15) is 0 Å². The van der Waals surface area contributed by atoms with E-state index >= 15 is 0 Å². The summed E-state index contributed by atoms with van der Waals surface area (Å²) in [6, 6.07) is 0. The topological polar surface area (TPSA) is 43.4 Å². The van der Waals surface area contributed by atoms with Crippen molar-refractivity contribution >= 4 is 11.8 Å². The van der Waals surface area contributed by atoms with Gasteiger partial charge in [-0.05, 0) is 78.9 Å². The number of fused-ring (bicyclic) bond motifs is 5. The third-order valence-electron chi connectivity index (χ3n) is 10.9. The van der Waals surface area contributed by atoms with Gasteiger partial charge in [-0.1, -0.05) is 66.7 Å². The van der Waals surface area contributed by atoms with E-state index in [2.05, 4.69) is 34.6 Å². The lowest BCUT2D eigenvalue weighted by atomic mass is 9.43. The van der Waals surface area contributed by atoms with Crippen molar-refractivity contribution in [2.75, 3.05) is 0 Å². The summed E-state index contributed by atoms with van der Waals surface area (Å²) < 4.78 is 5.83. The van der Waals surface area contributed by atoms with Crippen molar-refractivity contribution < 1.29 is 14.3 Å². The van der Waals surface area contributed by atoms with E-state index in [1.165, 1.54) is 71.1 Å². The fourth-order valence-corrected chi connectivity index (χ4v) is 9.35. The normalized spacial score (nSPS) is 44.5. The molecule has 4 rings (SSSR count). The molecule has 0 aromatic heterocycles. The van der Waals surface area contributed by atoms with Crippen LogP contribution < -0.4 is 0 Å². The Balaban J connectivity index is 1.59. The highest BCUT2D eigenvalue weighted by Gasteiger charge is 2.65. The molecule has 182 valence electrons. The summed E-state index contributed by atoms with van der Waals surface area (Å²) in [6.45, 7) is 13.6. The highest BCUT2D eigenvalue weighted by molar-refractivity contribution is 5.89. The number of rotatable bonds is 6. The summed E-state index contributed by atoms with van der Waals surface area (Å²) in [6.07, 6.45) is 13.1. The number of hydrogen-bond donors (Lipinski definition) is 0. The number of Topliss-reactive ketones (excluding diaryl/α,β-unsaturated/α-hetero) is 1. The molecule has 0 amide bonds. The van der Waals surface area contributed by atoms with E-state index in [9.17, 15) is 9.59 Å². The van der Waals surface area contributed by atoms with E-state index in [0.717, 1.165) is 24.2 Å². The first kappa shape index (κ1) is 24.3. The van der Waals surface area contributed by atoms with Gasteiger partial charge in [0.25, 0.3) is 0 Å². The van der Waals surface area contributed by atoms with Gasteiger partial charge in [0.15, 0.2) is 11.9 Å². The standard InChI is InChI=1S/C29H48O3/c1-18(2)10-9-11-19(3)21-13-14-22-25-23(15-17-29(21,22)6)28(5)16-8-7-12-24(28)27(26(25)31)32-20(4)30/h18-19,21-25,27H,7-17H2,1-6H3/t19-,21?,22?,23?,24-,25?,27?,28?,29?/m1/s1. The maximum Gasteiger partial charge on any atom is 0.303 e. The molecule has 0 N–H and O–H groups in total. The van der Waals surface area contributed by atoms with E-state index < -0.39 is 6.10 Å². The Morgan fingerprint density at radius 2 is 1.66 bits per heavy atom. The second-order valence-corrected chi connectivity index (χ2v) is 13.1. The van der Waals surface area contributed by atoms with Crippen LogP contribution in [0.2, 0.25) is 0 Å². The van der Waals surface area contributed by atoms with Crippen molar-refractivity contribution in [1.29, 1.82) is 0 Å². The Kier molecular flexibility index (Phi) is 6.87. The lowest BCUT2D eigenvalue weighted by molar-refractivity contribution is -0.190. The molecular formula is C29H48O3. The molecule has 0 heterocycles. The first-order valence-corrected chi connectivity index (χ1v) is 13.8. The maximum absolute atomic E-state index is 14.0. The quantitative estimate of drug-likeness (QED) is 0.406. The monoisotopic (exact) mass is 444 g/mol. The zero-order chi connectivity index (χ0) is 23.3. The zero-order valence-corrected chi connectivity index (χ0v) is 21.6. The van der Waals surface area contributed by atoms with Crippen LogP contribution in [0, 0.1) is 52.3 Å². The van der Waals surface area contributed by atoms with Crippen molar-refractivity contribution in [2.24, 2.45) is 52.3 Å². The summed E-state index contributed by atoms with van der Waals surface area (Å²) >= 11 is 0. The molecule has 0 bridgehead atoms. The number of hydrogen-bond acceptors (Lipinski definition) is 3. The smallest absolute Gasteiger partial charge is 0.303 e. The highest BCUT2D eigenvalue weighted by atomic mass is 16.5. The van der Waals surface area contributed by atoms with Crippen molar-refractivity contribution in [1.82, 2.24) is 0 Å². The van der Waals surface area contributed by atoms with Gasteiger partial charge < -0.3 is 4.74 Å². The van der Waals surface area contributed by atoms with Gasteiger partial charge in [-0.15, -0.1) is 0 Å². The summed E-state index contributed by atoms with van der Waals surface area (Å²) in [4.78, 5) is 26.0. The maximum atomic E-state index is 14.0.